The molecular formula is C58H41NSi. The molecule has 0 spiro atoms. The Bertz CT molecular complexity index is 3120. The maximum Gasteiger partial charge on any atom is 0.181 e. The highest BCUT2D eigenvalue weighted by molar-refractivity contribution is 7.23. The first kappa shape index (κ1) is 35.6. The fraction of sp³-hybridized carbons (Fsp3) is 0. The third kappa shape index (κ3) is 5.84. The zero-order chi connectivity index (χ0) is 39.9. The van der Waals surface area contributed by atoms with Gasteiger partial charge in [0.15, 0.2) is 8.07 Å². The van der Waals surface area contributed by atoms with Crippen molar-refractivity contribution < 1.29 is 0 Å². The number of nitrogens with zero attached hydrogens (tertiary/aromatic N) is 1. The molecular weight excluding hydrogens is 739 g/mol. The van der Waals surface area contributed by atoms with Gasteiger partial charge in [0.25, 0.3) is 0 Å². The third-order valence-corrected chi connectivity index (χ3v) is 17.3. The zero-order valence-corrected chi connectivity index (χ0v) is 34.1. The van der Waals surface area contributed by atoms with Crippen LogP contribution < -0.4 is 25.6 Å². The van der Waals surface area contributed by atoms with Crippen LogP contribution in [0.3, 0.4) is 0 Å². The van der Waals surface area contributed by atoms with Crippen molar-refractivity contribution in [2.75, 3.05) is 4.90 Å². The Kier molecular flexibility index (Phi) is 8.91. The van der Waals surface area contributed by atoms with E-state index in [2.05, 4.69) is 254 Å². The van der Waals surface area contributed by atoms with Crippen molar-refractivity contribution in [1.82, 2.24) is 0 Å². The molecule has 1 nitrogen and oxygen atoms in total. The molecule has 0 N–H and O–H groups in total. The normalized spacial score (nSPS) is 14.1. The molecule has 10 aromatic rings. The zero-order valence-electron chi connectivity index (χ0n) is 33.1. The van der Waals surface area contributed by atoms with Crippen LogP contribution in [0.1, 0.15) is 0 Å². The molecule has 11 rings (SSSR count). The van der Waals surface area contributed by atoms with E-state index in [9.17, 15) is 0 Å². The monoisotopic (exact) mass is 779 g/mol. The summed E-state index contributed by atoms with van der Waals surface area (Å²) in [4.78, 5) is 2.53. The molecule has 282 valence electrons. The Hall–Kier alpha value is -7.52. The molecule has 0 bridgehead atoms. The molecule has 0 aromatic heterocycles. The van der Waals surface area contributed by atoms with E-state index in [1.165, 1.54) is 81.7 Å². The van der Waals surface area contributed by atoms with Crippen LogP contribution in [0.25, 0.3) is 55.3 Å². The molecule has 1 unspecified atom stereocenters. The van der Waals surface area contributed by atoms with Gasteiger partial charge in [-0.3, -0.25) is 0 Å². The lowest BCUT2D eigenvalue weighted by molar-refractivity contribution is 1.29. The molecule has 60 heavy (non-hydrogen) atoms. The molecule has 10 aromatic carbocycles. The third-order valence-electron chi connectivity index (χ3n) is 12.4. The molecule has 1 atom stereocenters. The van der Waals surface area contributed by atoms with Crippen molar-refractivity contribution in [2.45, 2.75) is 0 Å². The number of fused-ring (bicyclic) bond motifs is 4. The largest absolute Gasteiger partial charge is 0.309 e. The molecule has 2 heteroatoms. The van der Waals surface area contributed by atoms with Gasteiger partial charge in [0.1, 0.15) is 0 Å². The smallest absolute Gasteiger partial charge is 0.181 e. The van der Waals surface area contributed by atoms with E-state index in [1.807, 2.05) is 0 Å². The molecule has 0 radical (unpaired) electrons. The highest BCUT2D eigenvalue weighted by Crippen LogP contribution is 2.47. The van der Waals surface area contributed by atoms with Crippen molar-refractivity contribution in [2.24, 2.45) is 0 Å². The second kappa shape index (κ2) is 15.0. The van der Waals surface area contributed by atoms with Gasteiger partial charge in [-0.2, -0.15) is 0 Å². The lowest BCUT2D eigenvalue weighted by Crippen LogP contribution is -2.73. The van der Waals surface area contributed by atoms with Gasteiger partial charge in [0, 0.05) is 16.8 Å². The first-order chi connectivity index (χ1) is 29.8. The summed E-state index contributed by atoms with van der Waals surface area (Å²) < 4.78 is 0. The summed E-state index contributed by atoms with van der Waals surface area (Å²) in [6, 6.07) is 92.0. The van der Waals surface area contributed by atoms with E-state index in [0.29, 0.717) is 0 Å². The van der Waals surface area contributed by atoms with Crippen LogP contribution in [-0.2, 0) is 0 Å². The van der Waals surface area contributed by atoms with E-state index in [0.717, 1.165) is 11.4 Å². The maximum atomic E-state index is 2.53. The standard InChI is InChI=1S/C58H41NSi/c1-5-19-42(20-6-1)44-35-38-48(39-36-44)59(53-40-37-47(43-21-7-2-8-22-43)41-52(53)46-23-9-3-10-24-46)54-31-18-34-57-58(54)51-30-15-16-32-56(51)60(57,49-27-11-4-12-28-49)55-33-17-26-45-25-13-14-29-50(45)55/h1-41H. The SMILES string of the molecule is c1ccc(-c2ccc(N(c3ccc(-c4ccccc4)cc3-c3ccccc3)c3cccc4c3-c3ccccc3[Si]4(c3ccccc3)c3cccc4ccccc34)cc2)cc1. The molecule has 0 saturated heterocycles. The molecule has 0 saturated carbocycles. The van der Waals surface area contributed by atoms with Gasteiger partial charge in [-0.1, -0.05) is 218 Å². The second-order valence-electron chi connectivity index (χ2n) is 15.6. The van der Waals surface area contributed by atoms with Crippen LogP contribution in [0.4, 0.5) is 17.1 Å². The molecule has 1 aliphatic rings. The van der Waals surface area contributed by atoms with E-state index >= 15 is 0 Å². The highest BCUT2D eigenvalue weighted by atomic mass is 28.3. The van der Waals surface area contributed by atoms with Crippen LogP contribution in [0, 0.1) is 0 Å². The van der Waals surface area contributed by atoms with Gasteiger partial charge < -0.3 is 4.90 Å². The topological polar surface area (TPSA) is 3.24 Å². The number of hydrogen-bond donors (Lipinski definition) is 0. The fourth-order valence-corrected chi connectivity index (χ4v) is 15.1. The van der Waals surface area contributed by atoms with Gasteiger partial charge >= 0.3 is 0 Å². The Balaban J connectivity index is 1.23. The summed E-state index contributed by atoms with van der Waals surface area (Å²) in [6.45, 7) is 0. The van der Waals surface area contributed by atoms with Crippen molar-refractivity contribution in [3.8, 4) is 44.5 Å². The average molecular weight is 780 g/mol. The first-order valence-electron chi connectivity index (χ1n) is 20.8. The van der Waals surface area contributed by atoms with E-state index < -0.39 is 8.07 Å². The van der Waals surface area contributed by atoms with Gasteiger partial charge in [-0.15, -0.1) is 0 Å². The van der Waals surface area contributed by atoms with Gasteiger partial charge in [0.05, 0.1) is 11.4 Å². The van der Waals surface area contributed by atoms with Crippen LogP contribution in [0.5, 0.6) is 0 Å². The molecule has 1 aliphatic heterocycles. The van der Waals surface area contributed by atoms with E-state index in [-0.39, 0.29) is 0 Å². The summed E-state index contributed by atoms with van der Waals surface area (Å²) in [5.41, 5.74) is 13.1. The Morgan fingerprint density at radius 3 is 1.55 bits per heavy atom. The molecule has 0 fully saturated rings. The lowest BCUT2D eigenvalue weighted by atomic mass is 9.95. The van der Waals surface area contributed by atoms with E-state index in [1.54, 1.807) is 0 Å². The Labute approximate surface area is 353 Å². The van der Waals surface area contributed by atoms with E-state index in [4.69, 9.17) is 0 Å². The molecule has 0 aliphatic carbocycles. The van der Waals surface area contributed by atoms with Crippen molar-refractivity contribution in [1.29, 1.82) is 0 Å². The number of anilines is 3. The predicted octanol–water partition coefficient (Wildman–Crippen LogP) is 12.7. The van der Waals surface area contributed by atoms with Crippen LogP contribution >= 0.6 is 0 Å². The number of rotatable bonds is 8. The summed E-state index contributed by atoms with van der Waals surface area (Å²) in [7, 11) is -2.88. The average Bonchev–Trinajstić information content (AvgIpc) is 3.64. The van der Waals surface area contributed by atoms with Crippen molar-refractivity contribution >= 4 is 56.7 Å². The van der Waals surface area contributed by atoms with Gasteiger partial charge in [0.2, 0.25) is 0 Å². The summed E-state index contributed by atoms with van der Waals surface area (Å²) in [6.07, 6.45) is 0. The maximum absolute atomic E-state index is 2.88. The minimum Gasteiger partial charge on any atom is -0.309 e. The predicted molar refractivity (Wildman–Crippen MR) is 258 cm³/mol. The van der Waals surface area contributed by atoms with Crippen LogP contribution in [0.15, 0.2) is 249 Å². The summed E-state index contributed by atoms with van der Waals surface area (Å²) in [5, 5.41) is 8.24. The number of benzene rings is 10. The number of hydrogen-bond acceptors (Lipinski definition) is 1. The second-order valence-corrected chi connectivity index (χ2v) is 19.3. The quantitative estimate of drug-likeness (QED) is 0.139. The minimum atomic E-state index is -2.88. The van der Waals surface area contributed by atoms with Gasteiger partial charge in [-0.25, -0.2) is 0 Å². The van der Waals surface area contributed by atoms with Crippen LogP contribution in [0.2, 0.25) is 0 Å². The fourth-order valence-electron chi connectivity index (χ4n) is 9.72. The van der Waals surface area contributed by atoms with Crippen molar-refractivity contribution in [3.63, 3.8) is 0 Å². The van der Waals surface area contributed by atoms with Crippen molar-refractivity contribution in [3.05, 3.63) is 249 Å². The van der Waals surface area contributed by atoms with Crippen LogP contribution in [-0.4, -0.2) is 8.07 Å². The lowest BCUT2D eigenvalue weighted by Gasteiger charge is -2.33. The Morgan fingerprint density at radius 1 is 0.300 bits per heavy atom. The molecule has 0 amide bonds. The minimum absolute atomic E-state index is 1.11. The Morgan fingerprint density at radius 2 is 0.817 bits per heavy atom. The highest BCUT2D eigenvalue weighted by Gasteiger charge is 2.50. The first-order valence-corrected chi connectivity index (χ1v) is 22.8. The van der Waals surface area contributed by atoms with Gasteiger partial charge in [-0.05, 0) is 95.2 Å². The summed E-state index contributed by atoms with van der Waals surface area (Å²) in [5.74, 6) is 0. The summed E-state index contributed by atoms with van der Waals surface area (Å²) >= 11 is 0. The molecule has 1 heterocycles.